The van der Waals surface area contributed by atoms with E-state index in [0.717, 1.165) is 36.0 Å². The number of hydrogen-bond donors (Lipinski definition) is 1. The third-order valence-electron chi connectivity index (χ3n) is 4.37. The van der Waals surface area contributed by atoms with Crippen LogP contribution in [-0.2, 0) is 0 Å². The van der Waals surface area contributed by atoms with Gasteiger partial charge in [0.15, 0.2) is 0 Å². The molecule has 1 aromatic heterocycles. The van der Waals surface area contributed by atoms with Crippen molar-refractivity contribution in [3.05, 3.63) is 59.2 Å². The van der Waals surface area contributed by atoms with Crippen LogP contribution in [0.4, 0.5) is 6.01 Å². The summed E-state index contributed by atoms with van der Waals surface area (Å²) in [6.45, 7) is 6.80. The highest BCUT2D eigenvalue weighted by Crippen LogP contribution is 2.24. The zero-order chi connectivity index (χ0) is 19.9. The second kappa shape index (κ2) is 9.17. The third-order valence-corrected chi connectivity index (χ3v) is 4.37. The fourth-order valence-corrected chi connectivity index (χ4v) is 2.87. The van der Waals surface area contributed by atoms with Crippen molar-refractivity contribution in [1.82, 2.24) is 10.2 Å². The highest BCUT2D eigenvalue weighted by Gasteiger charge is 2.14. The standard InChI is InChI=1S/C22H25N3O3/c1-4-5-6-12-27-18-9-7-8-17(14-18)20(26)23-22-25-24-21(28-22)19-11-10-15(2)13-16(19)3/h7-11,13-14H,4-6,12H2,1-3H3,(H,23,25,26). The van der Waals surface area contributed by atoms with Gasteiger partial charge >= 0.3 is 6.01 Å². The van der Waals surface area contributed by atoms with Crippen molar-refractivity contribution in [3.63, 3.8) is 0 Å². The van der Waals surface area contributed by atoms with Gasteiger partial charge < -0.3 is 9.15 Å². The number of benzene rings is 2. The van der Waals surface area contributed by atoms with Crippen LogP contribution in [0.5, 0.6) is 5.75 Å². The highest BCUT2D eigenvalue weighted by molar-refractivity contribution is 6.03. The first-order valence-electron chi connectivity index (χ1n) is 9.52. The number of ether oxygens (including phenoxy) is 1. The fraction of sp³-hybridized carbons (Fsp3) is 0.318. The van der Waals surface area contributed by atoms with Gasteiger partial charge in [0.25, 0.3) is 5.91 Å². The lowest BCUT2D eigenvalue weighted by Gasteiger charge is -2.07. The van der Waals surface area contributed by atoms with E-state index in [2.05, 4.69) is 22.4 Å². The maximum absolute atomic E-state index is 12.5. The average Bonchev–Trinajstić information content (AvgIpc) is 3.13. The molecule has 1 amide bonds. The molecule has 3 rings (SSSR count). The lowest BCUT2D eigenvalue weighted by Crippen LogP contribution is -2.12. The molecule has 146 valence electrons. The molecule has 2 aromatic carbocycles. The van der Waals surface area contributed by atoms with Crippen molar-refractivity contribution >= 4 is 11.9 Å². The van der Waals surface area contributed by atoms with Gasteiger partial charge in [0, 0.05) is 11.1 Å². The molecule has 28 heavy (non-hydrogen) atoms. The predicted molar refractivity (Wildman–Crippen MR) is 109 cm³/mol. The van der Waals surface area contributed by atoms with Crippen LogP contribution >= 0.6 is 0 Å². The van der Waals surface area contributed by atoms with E-state index >= 15 is 0 Å². The Labute approximate surface area is 164 Å². The van der Waals surface area contributed by atoms with Crippen LogP contribution in [0.15, 0.2) is 46.9 Å². The summed E-state index contributed by atoms with van der Waals surface area (Å²) in [6, 6.07) is 13.1. The number of nitrogens with zero attached hydrogens (tertiary/aromatic N) is 2. The largest absolute Gasteiger partial charge is 0.494 e. The summed E-state index contributed by atoms with van der Waals surface area (Å²) in [6.07, 6.45) is 3.26. The number of aryl methyl sites for hydroxylation is 2. The molecule has 0 unspecified atom stereocenters. The lowest BCUT2D eigenvalue weighted by atomic mass is 10.1. The fourth-order valence-electron chi connectivity index (χ4n) is 2.87. The minimum absolute atomic E-state index is 0.0641. The summed E-state index contributed by atoms with van der Waals surface area (Å²) < 4.78 is 11.3. The number of unbranched alkanes of at least 4 members (excludes halogenated alkanes) is 2. The molecule has 0 bridgehead atoms. The van der Waals surface area contributed by atoms with Crippen LogP contribution in [-0.4, -0.2) is 22.7 Å². The van der Waals surface area contributed by atoms with Crippen molar-refractivity contribution < 1.29 is 13.9 Å². The number of hydrogen-bond acceptors (Lipinski definition) is 5. The Bertz CT molecular complexity index is 950. The predicted octanol–water partition coefficient (Wildman–Crippen LogP) is 5.17. The van der Waals surface area contributed by atoms with Gasteiger partial charge in [-0.1, -0.05) is 48.6 Å². The molecule has 1 N–H and O–H groups in total. The normalized spacial score (nSPS) is 10.7. The van der Waals surface area contributed by atoms with Gasteiger partial charge in [-0.3, -0.25) is 10.1 Å². The molecular formula is C22H25N3O3. The van der Waals surface area contributed by atoms with Crippen LogP contribution in [0.1, 0.15) is 47.7 Å². The first-order valence-corrected chi connectivity index (χ1v) is 9.52. The molecule has 0 atom stereocenters. The minimum Gasteiger partial charge on any atom is -0.494 e. The molecule has 0 saturated carbocycles. The first-order chi connectivity index (χ1) is 13.6. The van der Waals surface area contributed by atoms with Crippen LogP contribution in [0, 0.1) is 13.8 Å². The van der Waals surface area contributed by atoms with Crippen molar-refractivity contribution in [2.45, 2.75) is 40.0 Å². The van der Waals surface area contributed by atoms with E-state index < -0.39 is 0 Å². The quantitative estimate of drug-likeness (QED) is 0.546. The molecule has 0 saturated heterocycles. The van der Waals surface area contributed by atoms with Gasteiger partial charge in [-0.2, -0.15) is 0 Å². The zero-order valence-electron chi connectivity index (χ0n) is 16.5. The number of carbonyl (C=O) groups excluding carboxylic acids is 1. The minimum atomic E-state index is -0.324. The van der Waals surface area contributed by atoms with Gasteiger partial charge in [-0.25, -0.2) is 0 Å². The van der Waals surface area contributed by atoms with Crippen molar-refractivity contribution in [2.24, 2.45) is 0 Å². The Morgan fingerprint density at radius 1 is 1.11 bits per heavy atom. The Morgan fingerprint density at radius 3 is 2.75 bits per heavy atom. The Balaban J connectivity index is 1.66. The zero-order valence-corrected chi connectivity index (χ0v) is 16.5. The second-order valence-electron chi connectivity index (χ2n) is 6.77. The van der Waals surface area contributed by atoms with Gasteiger partial charge in [0.2, 0.25) is 5.89 Å². The van der Waals surface area contributed by atoms with Gasteiger partial charge in [-0.05, 0) is 50.1 Å². The van der Waals surface area contributed by atoms with Crippen LogP contribution < -0.4 is 10.1 Å². The van der Waals surface area contributed by atoms with Crippen LogP contribution in [0.25, 0.3) is 11.5 Å². The molecule has 0 aliphatic carbocycles. The number of aromatic nitrogens is 2. The summed E-state index contributed by atoms with van der Waals surface area (Å²) in [5.74, 6) is 0.723. The van der Waals surface area contributed by atoms with E-state index in [4.69, 9.17) is 9.15 Å². The molecular weight excluding hydrogens is 354 g/mol. The van der Waals surface area contributed by atoms with Crippen molar-refractivity contribution in [2.75, 3.05) is 11.9 Å². The molecule has 6 heteroatoms. The molecule has 0 aliphatic heterocycles. The van der Waals surface area contributed by atoms with E-state index in [9.17, 15) is 4.79 Å². The summed E-state index contributed by atoms with van der Waals surface area (Å²) in [5.41, 5.74) is 3.51. The summed E-state index contributed by atoms with van der Waals surface area (Å²) in [4.78, 5) is 12.5. The highest BCUT2D eigenvalue weighted by atomic mass is 16.5. The Morgan fingerprint density at radius 2 is 1.96 bits per heavy atom. The molecule has 0 fully saturated rings. The molecule has 1 heterocycles. The number of nitrogens with one attached hydrogen (secondary N) is 1. The van der Waals surface area contributed by atoms with Crippen LogP contribution in [0.2, 0.25) is 0 Å². The first kappa shape index (κ1) is 19.6. The summed E-state index contributed by atoms with van der Waals surface area (Å²) >= 11 is 0. The monoisotopic (exact) mass is 379 g/mol. The second-order valence-corrected chi connectivity index (χ2v) is 6.77. The van der Waals surface area contributed by atoms with E-state index in [1.807, 2.05) is 38.1 Å². The number of anilines is 1. The van der Waals surface area contributed by atoms with Gasteiger partial charge in [0.1, 0.15) is 5.75 Å². The average molecular weight is 379 g/mol. The topological polar surface area (TPSA) is 77.2 Å². The molecule has 0 radical (unpaired) electrons. The van der Waals surface area contributed by atoms with E-state index in [1.165, 1.54) is 0 Å². The molecule has 6 nitrogen and oxygen atoms in total. The third kappa shape index (κ3) is 4.97. The molecule has 3 aromatic rings. The smallest absolute Gasteiger partial charge is 0.322 e. The van der Waals surface area contributed by atoms with E-state index in [1.54, 1.807) is 18.2 Å². The number of amides is 1. The van der Waals surface area contributed by atoms with E-state index in [-0.39, 0.29) is 11.9 Å². The maximum Gasteiger partial charge on any atom is 0.322 e. The Hall–Kier alpha value is -3.15. The lowest BCUT2D eigenvalue weighted by molar-refractivity contribution is 0.102. The SMILES string of the molecule is CCCCCOc1cccc(C(=O)Nc2nnc(-c3ccc(C)cc3C)o2)c1. The van der Waals surface area contributed by atoms with Gasteiger partial charge in [0.05, 0.1) is 6.61 Å². The maximum atomic E-state index is 12.5. The van der Waals surface area contributed by atoms with Crippen molar-refractivity contribution in [3.8, 4) is 17.2 Å². The summed E-state index contributed by atoms with van der Waals surface area (Å²) in [5, 5.41) is 10.6. The summed E-state index contributed by atoms with van der Waals surface area (Å²) in [7, 11) is 0. The molecule has 0 spiro atoms. The van der Waals surface area contributed by atoms with E-state index in [0.29, 0.717) is 23.8 Å². The van der Waals surface area contributed by atoms with Gasteiger partial charge in [-0.15, -0.1) is 5.10 Å². The van der Waals surface area contributed by atoms with Crippen LogP contribution in [0.3, 0.4) is 0 Å². The number of rotatable bonds is 8. The number of carbonyl (C=O) groups is 1. The van der Waals surface area contributed by atoms with Crippen molar-refractivity contribution in [1.29, 1.82) is 0 Å². The Kier molecular flexibility index (Phi) is 6.42. The molecule has 0 aliphatic rings.